The Morgan fingerprint density at radius 1 is 1.23 bits per heavy atom. The number of rotatable bonds is 3. The lowest BCUT2D eigenvalue weighted by Crippen LogP contribution is -2.31. The molecule has 1 aliphatic rings. The lowest BCUT2D eigenvalue weighted by atomic mass is 10.2. The molecule has 4 nitrogen and oxygen atoms in total. The van der Waals surface area contributed by atoms with E-state index in [0.29, 0.717) is 34.4 Å². The molecule has 0 saturated carbocycles. The van der Waals surface area contributed by atoms with Crippen molar-refractivity contribution >= 4 is 29.1 Å². The molecule has 0 unspecified atom stereocenters. The Morgan fingerprint density at radius 2 is 2.05 bits per heavy atom. The monoisotopic (exact) mass is 336 g/mol. The fraction of sp³-hybridized carbons (Fsp3) is 0.250. The standard InChI is InChI=1S/C16H14Cl2N2O2/c17-13-4-2-1-3-12(13)16(21)20-8-6-11(10-20)22-15-5-7-19-9-14(15)18/h1-5,7,9,11H,6,8,10H2/t11-/m1/s1. The van der Waals surface area contributed by atoms with Crippen molar-refractivity contribution in [1.82, 2.24) is 9.88 Å². The molecule has 114 valence electrons. The Bertz CT molecular complexity index is 693. The van der Waals surface area contributed by atoms with Crippen molar-refractivity contribution in [2.75, 3.05) is 13.1 Å². The van der Waals surface area contributed by atoms with Crippen LogP contribution in [0.4, 0.5) is 0 Å². The number of nitrogens with zero attached hydrogens (tertiary/aromatic N) is 2. The summed E-state index contributed by atoms with van der Waals surface area (Å²) in [6, 6.07) is 8.79. The number of hydrogen-bond acceptors (Lipinski definition) is 3. The van der Waals surface area contributed by atoms with Gasteiger partial charge in [-0.15, -0.1) is 0 Å². The molecule has 1 saturated heterocycles. The summed E-state index contributed by atoms with van der Waals surface area (Å²) in [5.74, 6) is 0.520. The summed E-state index contributed by atoms with van der Waals surface area (Å²) < 4.78 is 5.85. The smallest absolute Gasteiger partial charge is 0.255 e. The molecule has 2 aromatic rings. The van der Waals surface area contributed by atoms with Gasteiger partial charge in [-0.3, -0.25) is 9.78 Å². The number of carbonyl (C=O) groups excluding carboxylic acids is 1. The Balaban J connectivity index is 1.66. The van der Waals surface area contributed by atoms with Gasteiger partial charge < -0.3 is 9.64 Å². The van der Waals surface area contributed by atoms with Gasteiger partial charge in [-0.2, -0.15) is 0 Å². The summed E-state index contributed by atoms with van der Waals surface area (Å²) in [6.45, 7) is 1.15. The first-order valence-corrected chi connectivity index (χ1v) is 7.70. The molecule has 0 aliphatic carbocycles. The molecule has 22 heavy (non-hydrogen) atoms. The van der Waals surface area contributed by atoms with Crippen molar-refractivity contribution in [2.45, 2.75) is 12.5 Å². The summed E-state index contributed by atoms with van der Waals surface area (Å²) in [6.07, 6.45) is 3.85. The first-order valence-electron chi connectivity index (χ1n) is 6.95. The minimum atomic E-state index is -0.0775. The molecule has 3 rings (SSSR count). The lowest BCUT2D eigenvalue weighted by molar-refractivity contribution is 0.0772. The molecule has 0 N–H and O–H groups in total. The highest BCUT2D eigenvalue weighted by Gasteiger charge is 2.29. The fourth-order valence-electron chi connectivity index (χ4n) is 2.45. The van der Waals surface area contributed by atoms with Gasteiger partial charge in [0.15, 0.2) is 0 Å². The van der Waals surface area contributed by atoms with Crippen LogP contribution in [0, 0.1) is 0 Å². The van der Waals surface area contributed by atoms with Crippen molar-refractivity contribution < 1.29 is 9.53 Å². The van der Waals surface area contributed by atoms with Crippen LogP contribution >= 0.6 is 23.2 Å². The molecule has 0 radical (unpaired) electrons. The van der Waals surface area contributed by atoms with Gasteiger partial charge in [-0.05, 0) is 12.1 Å². The first kappa shape index (κ1) is 15.1. The molecular formula is C16H14Cl2N2O2. The van der Waals surface area contributed by atoms with E-state index in [1.165, 1.54) is 0 Å². The molecular weight excluding hydrogens is 323 g/mol. The van der Waals surface area contributed by atoms with Gasteiger partial charge >= 0.3 is 0 Å². The predicted molar refractivity (Wildman–Crippen MR) is 85.6 cm³/mol. The number of ether oxygens (including phenoxy) is 1. The Labute approximate surface area is 138 Å². The van der Waals surface area contributed by atoms with Crippen molar-refractivity contribution in [3.05, 3.63) is 58.3 Å². The molecule has 1 aliphatic heterocycles. The van der Waals surface area contributed by atoms with Crippen LogP contribution in [-0.2, 0) is 0 Å². The number of pyridine rings is 1. The van der Waals surface area contributed by atoms with Crippen LogP contribution in [0.5, 0.6) is 5.75 Å². The molecule has 0 spiro atoms. The van der Waals surface area contributed by atoms with Crippen LogP contribution in [-0.4, -0.2) is 35.0 Å². The summed E-state index contributed by atoms with van der Waals surface area (Å²) in [4.78, 5) is 18.2. The molecule has 0 bridgehead atoms. The number of halogens is 2. The van der Waals surface area contributed by atoms with Crippen molar-refractivity contribution in [1.29, 1.82) is 0 Å². The first-order chi connectivity index (χ1) is 10.6. The normalized spacial score (nSPS) is 17.5. The highest BCUT2D eigenvalue weighted by Crippen LogP contribution is 2.26. The van der Waals surface area contributed by atoms with Crippen LogP contribution in [0.15, 0.2) is 42.7 Å². The van der Waals surface area contributed by atoms with Gasteiger partial charge in [0.1, 0.15) is 16.9 Å². The average molecular weight is 337 g/mol. The summed E-state index contributed by atoms with van der Waals surface area (Å²) >= 11 is 12.1. The Hall–Kier alpha value is -1.78. The molecule has 6 heteroatoms. The van der Waals surface area contributed by atoms with Gasteiger partial charge in [-0.1, -0.05) is 35.3 Å². The molecule has 1 aromatic heterocycles. The summed E-state index contributed by atoms with van der Waals surface area (Å²) in [5, 5.41) is 0.937. The largest absolute Gasteiger partial charge is 0.487 e. The highest BCUT2D eigenvalue weighted by molar-refractivity contribution is 6.33. The van der Waals surface area contributed by atoms with E-state index in [-0.39, 0.29) is 12.0 Å². The number of carbonyl (C=O) groups is 1. The zero-order chi connectivity index (χ0) is 15.5. The Kier molecular flexibility index (Phi) is 4.50. The lowest BCUT2D eigenvalue weighted by Gasteiger charge is -2.18. The minimum Gasteiger partial charge on any atom is -0.487 e. The second kappa shape index (κ2) is 6.55. The van der Waals surface area contributed by atoms with E-state index < -0.39 is 0 Å². The second-order valence-corrected chi connectivity index (χ2v) is 5.88. The number of benzene rings is 1. The van der Waals surface area contributed by atoms with Crippen molar-refractivity contribution in [3.8, 4) is 5.75 Å². The van der Waals surface area contributed by atoms with Gasteiger partial charge in [0.2, 0.25) is 0 Å². The van der Waals surface area contributed by atoms with Crippen LogP contribution in [0.25, 0.3) is 0 Å². The van der Waals surface area contributed by atoms with Crippen molar-refractivity contribution in [2.24, 2.45) is 0 Å². The molecule has 1 amide bonds. The minimum absolute atomic E-state index is 0.0717. The summed E-state index contributed by atoms with van der Waals surface area (Å²) in [5.41, 5.74) is 0.520. The van der Waals surface area contributed by atoms with Crippen LogP contribution < -0.4 is 4.74 Å². The third-order valence-corrected chi connectivity index (χ3v) is 4.18. The predicted octanol–water partition coefficient (Wildman–Crippen LogP) is 3.68. The maximum atomic E-state index is 12.5. The van der Waals surface area contributed by atoms with Gasteiger partial charge in [0.25, 0.3) is 5.91 Å². The second-order valence-electron chi connectivity index (χ2n) is 5.07. The van der Waals surface area contributed by atoms with Crippen LogP contribution in [0.1, 0.15) is 16.8 Å². The molecule has 1 aromatic carbocycles. The van der Waals surface area contributed by atoms with Gasteiger partial charge in [0.05, 0.1) is 17.1 Å². The van der Waals surface area contributed by atoms with E-state index in [0.717, 1.165) is 6.42 Å². The molecule has 2 heterocycles. The quantitative estimate of drug-likeness (QED) is 0.858. The molecule has 1 fully saturated rings. The van der Waals surface area contributed by atoms with E-state index in [2.05, 4.69) is 4.98 Å². The number of hydrogen-bond donors (Lipinski definition) is 0. The number of aromatic nitrogens is 1. The third kappa shape index (κ3) is 3.18. The maximum absolute atomic E-state index is 12.5. The van der Waals surface area contributed by atoms with E-state index >= 15 is 0 Å². The van der Waals surface area contributed by atoms with E-state index in [1.54, 1.807) is 47.6 Å². The average Bonchev–Trinajstić information content (AvgIpc) is 2.98. The SMILES string of the molecule is O=C(c1ccccc1Cl)N1CC[C@@H](Oc2ccncc2Cl)C1. The van der Waals surface area contributed by atoms with E-state index in [9.17, 15) is 4.79 Å². The van der Waals surface area contributed by atoms with Crippen LogP contribution in [0.2, 0.25) is 10.0 Å². The van der Waals surface area contributed by atoms with E-state index in [1.807, 2.05) is 0 Å². The van der Waals surface area contributed by atoms with Crippen molar-refractivity contribution in [3.63, 3.8) is 0 Å². The van der Waals surface area contributed by atoms with Gasteiger partial charge in [-0.25, -0.2) is 0 Å². The summed E-state index contributed by atoms with van der Waals surface area (Å²) in [7, 11) is 0. The zero-order valence-corrected chi connectivity index (χ0v) is 13.2. The number of amides is 1. The fourth-order valence-corrected chi connectivity index (χ4v) is 2.83. The molecule has 1 atom stereocenters. The van der Waals surface area contributed by atoms with E-state index in [4.69, 9.17) is 27.9 Å². The number of likely N-dealkylation sites (tertiary alicyclic amines) is 1. The third-order valence-electron chi connectivity index (χ3n) is 3.57. The highest BCUT2D eigenvalue weighted by atomic mass is 35.5. The Morgan fingerprint density at radius 3 is 2.82 bits per heavy atom. The zero-order valence-electron chi connectivity index (χ0n) is 11.7. The van der Waals surface area contributed by atoms with Crippen LogP contribution in [0.3, 0.4) is 0 Å². The van der Waals surface area contributed by atoms with Gasteiger partial charge in [0, 0.05) is 31.4 Å². The topological polar surface area (TPSA) is 42.4 Å². The maximum Gasteiger partial charge on any atom is 0.255 e.